The monoisotopic (exact) mass is 316 g/mol. The number of carbonyl (C=O) groups excluding carboxylic acids is 1. The number of amides is 1. The van der Waals surface area contributed by atoms with Gasteiger partial charge in [0.15, 0.2) is 0 Å². The van der Waals surface area contributed by atoms with Crippen molar-refractivity contribution < 1.29 is 4.79 Å². The van der Waals surface area contributed by atoms with Crippen LogP contribution < -0.4 is 0 Å². The molecule has 2 heterocycles. The molecule has 1 saturated heterocycles. The molecule has 0 aromatic carbocycles. The van der Waals surface area contributed by atoms with E-state index in [4.69, 9.17) is 0 Å². The molecule has 17 heavy (non-hydrogen) atoms. The van der Waals surface area contributed by atoms with Crippen molar-refractivity contribution in [1.29, 1.82) is 0 Å². The molecule has 1 aliphatic rings. The number of aryl methyl sites for hydroxylation is 2. The Labute approximate surface area is 114 Å². The van der Waals surface area contributed by atoms with Gasteiger partial charge in [-0.1, -0.05) is 15.9 Å². The highest BCUT2D eigenvalue weighted by Crippen LogP contribution is 2.24. The van der Waals surface area contributed by atoms with Crippen molar-refractivity contribution in [3.8, 4) is 0 Å². The molecule has 1 amide bonds. The fraction of sp³-hybridized carbons (Fsp3) is 0.667. The van der Waals surface area contributed by atoms with E-state index in [1.54, 1.807) is 0 Å². The largest absolute Gasteiger partial charge is 0.338 e. The number of thiazole rings is 1. The predicted molar refractivity (Wildman–Crippen MR) is 74.0 cm³/mol. The first-order chi connectivity index (χ1) is 8.11. The van der Waals surface area contributed by atoms with E-state index >= 15 is 0 Å². The Balaban J connectivity index is 2.04. The minimum Gasteiger partial charge on any atom is -0.338 e. The summed E-state index contributed by atoms with van der Waals surface area (Å²) in [6, 6.07) is 0. The van der Waals surface area contributed by atoms with Crippen LogP contribution in [0, 0.1) is 19.8 Å². The number of aromatic nitrogens is 1. The van der Waals surface area contributed by atoms with Gasteiger partial charge in [0.2, 0.25) is 0 Å². The Morgan fingerprint density at radius 1 is 1.47 bits per heavy atom. The fourth-order valence-corrected chi connectivity index (χ4v) is 3.70. The van der Waals surface area contributed by atoms with Crippen LogP contribution in [0.3, 0.4) is 0 Å². The smallest absolute Gasteiger partial charge is 0.265 e. The number of rotatable bonds is 2. The molecule has 1 aliphatic heterocycles. The summed E-state index contributed by atoms with van der Waals surface area (Å²) in [6.07, 6.45) is 2.21. The lowest BCUT2D eigenvalue weighted by molar-refractivity contribution is 0.0703. The molecule has 0 N–H and O–H groups in total. The first-order valence-corrected chi connectivity index (χ1v) is 7.85. The van der Waals surface area contributed by atoms with Gasteiger partial charge in [-0.2, -0.15) is 0 Å². The predicted octanol–water partition coefficient (Wildman–Crippen LogP) is 3.01. The summed E-state index contributed by atoms with van der Waals surface area (Å²) < 4.78 is 0. The van der Waals surface area contributed by atoms with E-state index in [0.717, 1.165) is 52.8 Å². The quantitative estimate of drug-likeness (QED) is 0.786. The van der Waals surface area contributed by atoms with Crippen LogP contribution in [0.2, 0.25) is 0 Å². The molecule has 1 aromatic heterocycles. The van der Waals surface area contributed by atoms with Crippen LogP contribution in [0.1, 0.15) is 33.2 Å². The number of nitrogens with zero attached hydrogens (tertiary/aromatic N) is 2. The summed E-state index contributed by atoms with van der Waals surface area (Å²) in [5.74, 6) is 0.893. The fourth-order valence-electron chi connectivity index (χ4n) is 2.16. The van der Waals surface area contributed by atoms with Crippen molar-refractivity contribution in [1.82, 2.24) is 9.88 Å². The SMILES string of the molecule is Cc1nc(C)c(C(=O)N2CCC(CBr)CC2)s1. The van der Waals surface area contributed by atoms with Crippen LogP contribution in [0.25, 0.3) is 0 Å². The maximum absolute atomic E-state index is 12.3. The van der Waals surface area contributed by atoms with Gasteiger partial charge in [0.25, 0.3) is 5.91 Å². The Bertz CT molecular complexity index is 411. The highest BCUT2D eigenvalue weighted by Gasteiger charge is 2.25. The van der Waals surface area contributed by atoms with Gasteiger partial charge in [0.05, 0.1) is 10.7 Å². The van der Waals surface area contributed by atoms with Crippen LogP contribution in [0.15, 0.2) is 0 Å². The molecular weight excluding hydrogens is 300 g/mol. The van der Waals surface area contributed by atoms with Crippen LogP contribution in [0.5, 0.6) is 0 Å². The lowest BCUT2D eigenvalue weighted by atomic mass is 9.99. The zero-order chi connectivity index (χ0) is 12.4. The van der Waals surface area contributed by atoms with Gasteiger partial charge in [-0.05, 0) is 32.6 Å². The van der Waals surface area contributed by atoms with Gasteiger partial charge in [0, 0.05) is 18.4 Å². The molecule has 0 atom stereocenters. The Morgan fingerprint density at radius 3 is 2.59 bits per heavy atom. The molecule has 0 radical (unpaired) electrons. The van der Waals surface area contributed by atoms with E-state index in [9.17, 15) is 4.79 Å². The molecule has 2 rings (SSSR count). The molecule has 3 nitrogen and oxygen atoms in total. The maximum atomic E-state index is 12.3. The summed E-state index contributed by atoms with van der Waals surface area (Å²) in [5, 5.41) is 2.02. The lowest BCUT2D eigenvalue weighted by Crippen LogP contribution is -2.38. The van der Waals surface area contributed by atoms with Crippen molar-refractivity contribution in [3.63, 3.8) is 0 Å². The van der Waals surface area contributed by atoms with Gasteiger partial charge < -0.3 is 4.90 Å². The minimum atomic E-state index is 0.168. The van der Waals surface area contributed by atoms with Crippen molar-refractivity contribution in [3.05, 3.63) is 15.6 Å². The van der Waals surface area contributed by atoms with Gasteiger partial charge >= 0.3 is 0 Å². The van der Waals surface area contributed by atoms with Crippen molar-refractivity contribution in [2.75, 3.05) is 18.4 Å². The van der Waals surface area contributed by atoms with Gasteiger partial charge in [-0.15, -0.1) is 11.3 Å². The van der Waals surface area contributed by atoms with Crippen LogP contribution >= 0.6 is 27.3 Å². The van der Waals surface area contributed by atoms with E-state index < -0.39 is 0 Å². The number of hydrogen-bond donors (Lipinski definition) is 0. The van der Waals surface area contributed by atoms with E-state index in [-0.39, 0.29) is 5.91 Å². The molecule has 5 heteroatoms. The first-order valence-electron chi connectivity index (χ1n) is 5.91. The third-order valence-electron chi connectivity index (χ3n) is 3.22. The topological polar surface area (TPSA) is 33.2 Å². The van der Waals surface area contributed by atoms with Crippen molar-refractivity contribution >= 4 is 33.2 Å². The second-order valence-corrected chi connectivity index (χ2v) is 6.39. The highest BCUT2D eigenvalue weighted by atomic mass is 79.9. The third-order valence-corrected chi connectivity index (χ3v) is 5.19. The third kappa shape index (κ3) is 2.88. The van der Waals surface area contributed by atoms with Crippen LogP contribution in [-0.2, 0) is 0 Å². The van der Waals surface area contributed by atoms with Crippen molar-refractivity contribution in [2.24, 2.45) is 5.92 Å². The number of halogens is 1. The number of alkyl halides is 1. The molecule has 1 fully saturated rings. The molecular formula is C12H17BrN2OS. The zero-order valence-corrected chi connectivity index (χ0v) is 12.6. The van der Waals surface area contributed by atoms with E-state index in [1.807, 2.05) is 18.7 Å². The molecule has 1 aromatic rings. The maximum Gasteiger partial charge on any atom is 0.265 e. The second-order valence-electron chi connectivity index (χ2n) is 4.54. The Kier molecular flexibility index (Phi) is 4.20. The highest BCUT2D eigenvalue weighted by molar-refractivity contribution is 9.09. The second kappa shape index (κ2) is 5.48. The average Bonchev–Trinajstić information content (AvgIpc) is 2.68. The normalized spacial score (nSPS) is 17.5. The number of hydrogen-bond acceptors (Lipinski definition) is 3. The summed E-state index contributed by atoms with van der Waals surface area (Å²) in [7, 11) is 0. The van der Waals surface area contributed by atoms with Gasteiger partial charge in [-0.25, -0.2) is 4.98 Å². The average molecular weight is 317 g/mol. The molecule has 0 bridgehead atoms. The molecule has 0 spiro atoms. The molecule has 0 aliphatic carbocycles. The molecule has 0 saturated carbocycles. The first kappa shape index (κ1) is 13.0. The van der Waals surface area contributed by atoms with E-state index in [2.05, 4.69) is 20.9 Å². The molecule has 0 unspecified atom stereocenters. The van der Waals surface area contributed by atoms with E-state index in [1.165, 1.54) is 11.3 Å². The lowest BCUT2D eigenvalue weighted by Gasteiger charge is -2.30. The van der Waals surface area contributed by atoms with Crippen molar-refractivity contribution in [2.45, 2.75) is 26.7 Å². The number of piperidine rings is 1. The standard InChI is InChI=1S/C12H17BrN2OS/c1-8-11(17-9(2)14-8)12(16)15-5-3-10(7-13)4-6-15/h10H,3-7H2,1-2H3. The summed E-state index contributed by atoms with van der Waals surface area (Å²) in [5.41, 5.74) is 0.875. The van der Waals surface area contributed by atoms with Crippen LogP contribution in [-0.4, -0.2) is 34.2 Å². The van der Waals surface area contributed by atoms with Crippen LogP contribution in [0.4, 0.5) is 0 Å². The zero-order valence-electron chi connectivity index (χ0n) is 10.2. The van der Waals surface area contributed by atoms with Gasteiger partial charge in [-0.3, -0.25) is 4.79 Å². The Hall–Kier alpha value is -0.420. The van der Waals surface area contributed by atoms with E-state index in [0.29, 0.717) is 0 Å². The number of carbonyl (C=O) groups is 1. The summed E-state index contributed by atoms with van der Waals surface area (Å²) in [6.45, 7) is 5.63. The summed E-state index contributed by atoms with van der Waals surface area (Å²) in [4.78, 5) is 19.4. The Morgan fingerprint density at radius 2 is 2.12 bits per heavy atom. The number of likely N-dealkylation sites (tertiary alicyclic amines) is 1. The summed E-state index contributed by atoms with van der Waals surface area (Å²) >= 11 is 5.03. The molecule has 94 valence electrons. The van der Waals surface area contributed by atoms with Gasteiger partial charge in [0.1, 0.15) is 4.88 Å². The minimum absolute atomic E-state index is 0.168.